The van der Waals surface area contributed by atoms with E-state index in [0.29, 0.717) is 5.69 Å². The average Bonchev–Trinajstić information content (AvgIpc) is 2.61. The number of nitrogens with two attached hydrogens (primary N) is 1. The number of ether oxygens (including phenoxy) is 1. The number of primary sulfonamides is 1. The van der Waals surface area contributed by atoms with E-state index in [-0.39, 0.29) is 23.4 Å². The zero-order valence-corrected chi connectivity index (χ0v) is 15.8. The van der Waals surface area contributed by atoms with E-state index in [2.05, 4.69) is 5.32 Å². The molecule has 7 nitrogen and oxygen atoms in total. The fourth-order valence-corrected chi connectivity index (χ4v) is 2.94. The van der Waals surface area contributed by atoms with Crippen molar-refractivity contribution in [1.29, 1.82) is 0 Å². The number of likely N-dealkylation sites (N-methyl/N-ethyl adjacent to an activating group) is 1. The SMILES string of the molecule is COc1ccc(NC(=O)CN(C)C(C)c2ccc(S(N)(=O)=O)cc2)cc1. The summed E-state index contributed by atoms with van der Waals surface area (Å²) in [6.07, 6.45) is 0. The fraction of sp³-hybridized carbons (Fsp3) is 0.278. The van der Waals surface area contributed by atoms with Crippen LogP contribution in [0.2, 0.25) is 0 Å². The number of amides is 1. The second-order valence-corrected chi connectivity index (χ2v) is 7.54. The number of nitrogens with one attached hydrogen (secondary N) is 1. The lowest BCUT2D eigenvalue weighted by Gasteiger charge is -2.24. The Labute approximate surface area is 153 Å². The summed E-state index contributed by atoms with van der Waals surface area (Å²) in [6.45, 7) is 2.12. The van der Waals surface area contributed by atoms with E-state index in [1.165, 1.54) is 12.1 Å². The molecule has 0 saturated carbocycles. The van der Waals surface area contributed by atoms with Crippen LogP contribution in [0.3, 0.4) is 0 Å². The van der Waals surface area contributed by atoms with Crippen LogP contribution >= 0.6 is 0 Å². The zero-order valence-electron chi connectivity index (χ0n) is 15.0. The number of nitrogens with zero attached hydrogens (tertiary/aromatic N) is 1. The molecule has 0 aliphatic carbocycles. The first kappa shape index (κ1) is 19.9. The molecule has 3 N–H and O–H groups in total. The molecule has 0 aliphatic rings. The van der Waals surface area contributed by atoms with Crippen LogP contribution in [-0.4, -0.2) is 39.9 Å². The van der Waals surface area contributed by atoms with Gasteiger partial charge in [-0.05, 0) is 55.9 Å². The molecule has 26 heavy (non-hydrogen) atoms. The molecule has 0 aromatic heterocycles. The van der Waals surface area contributed by atoms with Crippen LogP contribution in [0.15, 0.2) is 53.4 Å². The Morgan fingerprint density at radius 2 is 1.73 bits per heavy atom. The van der Waals surface area contributed by atoms with Gasteiger partial charge in [-0.3, -0.25) is 9.69 Å². The van der Waals surface area contributed by atoms with Gasteiger partial charge in [-0.1, -0.05) is 12.1 Å². The molecule has 2 aromatic carbocycles. The fourth-order valence-electron chi connectivity index (χ4n) is 2.43. The molecule has 1 amide bonds. The number of carbonyl (C=O) groups excluding carboxylic acids is 1. The minimum Gasteiger partial charge on any atom is -0.497 e. The van der Waals surface area contributed by atoms with Crippen LogP contribution in [0.5, 0.6) is 5.75 Å². The quantitative estimate of drug-likeness (QED) is 0.768. The number of benzene rings is 2. The van der Waals surface area contributed by atoms with Crippen molar-refractivity contribution in [3.63, 3.8) is 0 Å². The predicted octanol–water partition coefficient (Wildman–Crippen LogP) is 1.97. The lowest BCUT2D eigenvalue weighted by atomic mass is 10.1. The van der Waals surface area contributed by atoms with Crippen molar-refractivity contribution in [1.82, 2.24) is 4.90 Å². The van der Waals surface area contributed by atoms with Gasteiger partial charge in [-0.25, -0.2) is 13.6 Å². The standard InChI is InChI=1S/C18H23N3O4S/c1-13(14-4-10-17(11-5-14)26(19,23)24)21(2)12-18(22)20-15-6-8-16(25-3)9-7-15/h4-11,13H,12H2,1-3H3,(H,20,22)(H2,19,23,24). The molecule has 1 atom stereocenters. The second-order valence-electron chi connectivity index (χ2n) is 5.98. The van der Waals surface area contributed by atoms with E-state index >= 15 is 0 Å². The molecule has 0 fully saturated rings. The molecular weight excluding hydrogens is 354 g/mol. The van der Waals surface area contributed by atoms with Crippen LogP contribution in [0, 0.1) is 0 Å². The van der Waals surface area contributed by atoms with E-state index in [1.54, 1.807) is 43.5 Å². The maximum Gasteiger partial charge on any atom is 0.238 e. The topological polar surface area (TPSA) is 102 Å². The number of anilines is 1. The molecule has 140 valence electrons. The molecule has 2 aromatic rings. The highest BCUT2D eigenvalue weighted by atomic mass is 32.2. The van der Waals surface area contributed by atoms with Crippen molar-refractivity contribution < 1.29 is 17.9 Å². The highest BCUT2D eigenvalue weighted by molar-refractivity contribution is 7.89. The van der Waals surface area contributed by atoms with Crippen molar-refractivity contribution in [2.75, 3.05) is 26.0 Å². The third-order valence-corrected chi connectivity index (χ3v) is 5.05. The molecule has 8 heteroatoms. The minimum atomic E-state index is -3.71. The third kappa shape index (κ3) is 5.29. The number of hydrogen-bond donors (Lipinski definition) is 2. The number of sulfonamides is 1. The van der Waals surface area contributed by atoms with Crippen LogP contribution in [0.1, 0.15) is 18.5 Å². The van der Waals surface area contributed by atoms with Gasteiger partial charge in [0.15, 0.2) is 0 Å². The van der Waals surface area contributed by atoms with Gasteiger partial charge in [-0.2, -0.15) is 0 Å². The van der Waals surface area contributed by atoms with Crippen molar-refractivity contribution >= 4 is 21.6 Å². The smallest absolute Gasteiger partial charge is 0.238 e. The maximum atomic E-state index is 12.2. The molecule has 0 radical (unpaired) electrons. The molecular formula is C18H23N3O4S. The average molecular weight is 377 g/mol. The molecule has 1 unspecified atom stereocenters. The number of methoxy groups -OCH3 is 1. The highest BCUT2D eigenvalue weighted by Crippen LogP contribution is 2.20. The summed E-state index contributed by atoms with van der Waals surface area (Å²) in [4.78, 5) is 14.1. The van der Waals surface area contributed by atoms with Gasteiger partial charge in [0.2, 0.25) is 15.9 Å². The van der Waals surface area contributed by atoms with Crippen LogP contribution < -0.4 is 15.2 Å². The lowest BCUT2D eigenvalue weighted by molar-refractivity contribution is -0.117. The van der Waals surface area contributed by atoms with E-state index in [9.17, 15) is 13.2 Å². The Morgan fingerprint density at radius 3 is 2.23 bits per heavy atom. The van der Waals surface area contributed by atoms with E-state index in [4.69, 9.17) is 9.88 Å². The second kappa shape index (κ2) is 8.31. The van der Waals surface area contributed by atoms with Crippen molar-refractivity contribution in [2.24, 2.45) is 5.14 Å². The predicted molar refractivity (Wildman–Crippen MR) is 100 cm³/mol. The summed E-state index contributed by atoms with van der Waals surface area (Å²) in [5.41, 5.74) is 1.58. The molecule has 0 spiro atoms. The Hall–Kier alpha value is -2.42. The molecule has 0 aliphatic heterocycles. The van der Waals surface area contributed by atoms with Gasteiger partial charge >= 0.3 is 0 Å². The first-order valence-corrected chi connectivity index (χ1v) is 9.52. The summed E-state index contributed by atoms with van der Waals surface area (Å²) in [5.74, 6) is 0.572. The van der Waals surface area contributed by atoms with Crippen LogP contribution in [0.4, 0.5) is 5.69 Å². The highest BCUT2D eigenvalue weighted by Gasteiger charge is 2.16. The Morgan fingerprint density at radius 1 is 1.15 bits per heavy atom. The summed E-state index contributed by atoms with van der Waals surface area (Å²) >= 11 is 0. The Balaban J connectivity index is 1.96. The zero-order chi connectivity index (χ0) is 19.3. The monoisotopic (exact) mass is 377 g/mol. The largest absolute Gasteiger partial charge is 0.497 e. The lowest BCUT2D eigenvalue weighted by Crippen LogP contribution is -2.32. The normalized spacial score (nSPS) is 12.7. The van der Waals surface area contributed by atoms with Crippen molar-refractivity contribution in [2.45, 2.75) is 17.9 Å². The Bertz CT molecular complexity index is 849. The van der Waals surface area contributed by atoms with E-state index in [1.807, 2.05) is 18.9 Å². The van der Waals surface area contributed by atoms with Gasteiger partial charge < -0.3 is 10.1 Å². The van der Waals surface area contributed by atoms with E-state index < -0.39 is 10.0 Å². The molecule has 0 heterocycles. The van der Waals surface area contributed by atoms with E-state index in [0.717, 1.165) is 11.3 Å². The molecule has 0 saturated heterocycles. The van der Waals surface area contributed by atoms with Gasteiger partial charge in [0.05, 0.1) is 18.6 Å². The Kier molecular flexibility index (Phi) is 6.36. The summed E-state index contributed by atoms with van der Waals surface area (Å²) < 4.78 is 27.7. The first-order chi connectivity index (χ1) is 12.2. The molecule has 0 bridgehead atoms. The van der Waals surface area contributed by atoms with Crippen molar-refractivity contribution in [3.8, 4) is 5.75 Å². The first-order valence-electron chi connectivity index (χ1n) is 7.97. The minimum absolute atomic E-state index is 0.0633. The van der Waals surface area contributed by atoms with Gasteiger partial charge in [-0.15, -0.1) is 0 Å². The summed E-state index contributed by atoms with van der Waals surface area (Å²) in [5, 5.41) is 7.93. The third-order valence-electron chi connectivity index (χ3n) is 4.12. The number of carbonyl (C=O) groups is 1. The molecule has 2 rings (SSSR count). The van der Waals surface area contributed by atoms with Crippen molar-refractivity contribution in [3.05, 3.63) is 54.1 Å². The maximum absolute atomic E-state index is 12.2. The van der Waals surface area contributed by atoms with Gasteiger partial charge in [0.25, 0.3) is 0 Å². The van der Waals surface area contributed by atoms with Crippen LogP contribution in [-0.2, 0) is 14.8 Å². The van der Waals surface area contributed by atoms with Gasteiger partial charge in [0.1, 0.15) is 5.75 Å². The number of hydrogen-bond acceptors (Lipinski definition) is 5. The van der Waals surface area contributed by atoms with Gasteiger partial charge in [0, 0.05) is 11.7 Å². The summed E-state index contributed by atoms with van der Waals surface area (Å²) in [7, 11) is -0.303. The number of rotatable bonds is 7. The summed E-state index contributed by atoms with van der Waals surface area (Å²) in [6, 6.07) is 13.3. The van der Waals surface area contributed by atoms with Crippen LogP contribution in [0.25, 0.3) is 0 Å².